The Kier molecular flexibility index (Phi) is 3.11. The van der Waals surface area contributed by atoms with Crippen LogP contribution < -0.4 is 0 Å². The van der Waals surface area contributed by atoms with Crippen LogP contribution in [0.5, 0.6) is 17.2 Å². The van der Waals surface area contributed by atoms with E-state index in [1.54, 1.807) is 0 Å². The number of aromatic hydroxyl groups is 3. The van der Waals surface area contributed by atoms with E-state index in [4.69, 9.17) is 43.7 Å². The Hall–Kier alpha value is -1.40. The Balaban J connectivity index is 3.67. The van der Waals surface area contributed by atoms with Gasteiger partial charge in [0.25, 0.3) is 0 Å². The number of oxime groups is 1. The number of hydrogen-bond donors (Lipinski definition) is 4. The third kappa shape index (κ3) is 1.73. The van der Waals surface area contributed by atoms with E-state index in [1.807, 2.05) is 0 Å². The number of rotatable bonds is 1. The van der Waals surface area contributed by atoms with Gasteiger partial charge in [-0.3, -0.25) is 0 Å². The third-order valence-corrected chi connectivity index (χ3v) is 2.23. The highest BCUT2D eigenvalue weighted by molar-refractivity contribution is 6.70. The molecule has 0 radical (unpaired) electrons. The minimum absolute atomic E-state index is 0.675. The molecule has 0 atom stereocenters. The molecule has 8 heteroatoms. The van der Waals surface area contributed by atoms with Crippen molar-refractivity contribution in [2.45, 2.75) is 0 Å². The lowest BCUT2D eigenvalue weighted by Crippen LogP contribution is -1.99. The fraction of sp³-hybridized carbons (Fsp3) is 0. The van der Waals surface area contributed by atoms with Crippen LogP contribution in [0.3, 0.4) is 0 Å². The fourth-order valence-electron chi connectivity index (χ4n) is 0.884. The van der Waals surface area contributed by atoms with Gasteiger partial charge in [0.05, 0.1) is 10.6 Å². The average molecular weight is 256 g/mol. The molecule has 0 heterocycles. The second-order valence-electron chi connectivity index (χ2n) is 2.44. The maximum Gasteiger partial charge on any atom is 0.205 e. The second kappa shape index (κ2) is 4.00. The van der Waals surface area contributed by atoms with Gasteiger partial charge in [-0.2, -0.15) is 0 Å². The molecule has 0 aliphatic rings. The number of halogens is 3. The van der Waals surface area contributed by atoms with Crippen molar-refractivity contribution in [2.24, 2.45) is 5.16 Å². The zero-order valence-electron chi connectivity index (χ0n) is 6.87. The van der Waals surface area contributed by atoms with E-state index in [0.717, 1.165) is 0 Å². The molecule has 0 aliphatic heterocycles. The Labute approximate surface area is 92.6 Å². The smallest absolute Gasteiger partial charge is 0.205 e. The van der Waals surface area contributed by atoms with Crippen LogP contribution >= 0.6 is 23.2 Å². The summed E-state index contributed by atoms with van der Waals surface area (Å²) in [7, 11) is 0. The first-order chi connectivity index (χ1) is 6.91. The molecule has 1 rings (SSSR count). The molecule has 0 amide bonds. The van der Waals surface area contributed by atoms with Crippen LogP contribution in [-0.4, -0.2) is 25.7 Å². The van der Waals surface area contributed by atoms with E-state index < -0.39 is 38.8 Å². The number of hydrogen-bond acceptors (Lipinski definition) is 5. The largest absolute Gasteiger partial charge is 0.503 e. The molecule has 0 saturated carbocycles. The number of nitrogens with zero attached hydrogens (tertiary/aromatic N) is 1. The van der Waals surface area contributed by atoms with Crippen LogP contribution in [0.2, 0.25) is 5.02 Å². The molecule has 0 saturated heterocycles. The highest BCUT2D eigenvalue weighted by Crippen LogP contribution is 2.45. The molecule has 1 aromatic rings. The molecular weight excluding hydrogens is 252 g/mol. The first-order valence-corrected chi connectivity index (χ1v) is 4.17. The minimum atomic E-state index is -1.40. The molecule has 15 heavy (non-hydrogen) atoms. The molecule has 0 fully saturated rings. The highest BCUT2D eigenvalue weighted by atomic mass is 35.5. The van der Waals surface area contributed by atoms with Crippen LogP contribution in [0, 0.1) is 5.82 Å². The molecule has 0 unspecified atom stereocenters. The first kappa shape index (κ1) is 11.7. The van der Waals surface area contributed by atoms with Gasteiger partial charge >= 0.3 is 0 Å². The predicted molar refractivity (Wildman–Crippen MR) is 50.6 cm³/mol. The molecule has 0 aliphatic carbocycles. The molecule has 82 valence electrons. The highest BCUT2D eigenvalue weighted by Gasteiger charge is 2.25. The fourth-order valence-corrected chi connectivity index (χ4v) is 1.37. The van der Waals surface area contributed by atoms with Gasteiger partial charge in [-0.05, 0) is 0 Å². The van der Waals surface area contributed by atoms with Crippen molar-refractivity contribution in [1.82, 2.24) is 0 Å². The van der Waals surface area contributed by atoms with Crippen molar-refractivity contribution in [3.8, 4) is 17.2 Å². The minimum Gasteiger partial charge on any atom is -0.503 e. The third-order valence-electron chi connectivity index (χ3n) is 1.60. The normalized spacial score (nSPS) is 11.8. The summed E-state index contributed by atoms with van der Waals surface area (Å²) in [6.07, 6.45) is 0. The predicted octanol–water partition coefficient (Wildman–Crippen LogP) is 1.97. The number of phenolic OH excluding ortho intramolecular Hbond substituents is 3. The Morgan fingerprint density at radius 3 is 2.13 bits per heavy atom. The molecule has 0 spiro atoms. The lowest BCUT2D eigenvalue weighted by molar-refractivity contribution is 0.320. The van der Waals surface area contributed by atoms with Gasteiger partial charge in [-0.1, -0.05) is 28.4 Å². The molecular formula is C7H4Cl2FNO4. The summed E-state index contributed by atoms with van der Waals surface area (Å²) >= 11 is 10.7. The SMILES string of the molecule is O/N=C(\Cl)c1c(F)c(O)c(O)c(O)c1Cl. The average Bonchev–Trinajstić information content (AvgIpc) is 2.23. The van der Waals surface area contributed by atoms with Crippen molar-refractivity contribution >= 4 is 28.4 Å². The van der Waals surface area contributed by atoms with E-state index in [1.165, 1.54) is 0 Å². The summed E-state index contributed by atoms with van der Waals surface area (Å²) in [5, 5.41) is 36.4. The zero-order valence-corrected chi connectivity index (χ0v) is 8.38. The number of benzene rings is 1. The lowest BCUT2D eigenvalue weighted by atomic mass is 10.1. The van der Waals surface area contributed by atoms with Crippen LogP contribution in [0.4, 0.5) is 4.39 Å². The summed E-state index contributed by atoms with van der Waals surface area (Å²) in [4.78, 5) is 0. The maximum atomic E-state index is 13.3. The summed E-state index contributed by atoms with van der Waals surface area (Å²) in [6.45, 7) is 0. The van der Waals surface area contributed by atoms with Gasteiger partial charge in [0.2, 0.25) is 5.75 Å². The van der Waals surface area contributed by atoms with Crippen LogP contribution in [0.1, 0.15) is 5.56 Å². The van der Waals surface area contributed by atoms with Gasteiger partial charge in [0, 0.05) is 0 Å². The van der Waals surface area contributed by atoms with Gasteiger partial charge in [0.15, 0.2) is 22.5 Å². The van der Waals surface area contributed by atoms with E-state index in [-0.39, 0.29) is 0 Å². The zero-order chi connectivity index (χ0) is 11.7. The van der Waals surface area contributed by atoms with Crippen LogP contribution in [-0.2, 0) is 0 Å². The maximum absolute atomic E-state index is 13.3. The van der Waals surface area contributed by atoms with E-state index in [9.17, 15) is 4.39 Å². The van der Waals surface area contributed by atoms with Crippen LogP contribution in [0.15, 0.2) is 5.16 Å². The van der Waals surface area contributed by atoms with Gasteiger partial charge < -0.3 is 20.5 Å². The monoisotopic (exact) mass is 255 g/mol. The summed E-state index contributed by atoms with van der Waals surface area (Å²) in [5.74, 6) is -4.73. The molecule has 5 nitrogen and oxygen atoms in total. The Morgan fingerprint density at radius 1 is 1.13 bits per heavy atom. The summed E-state index contributed by atoms with van der Waals surface area (Å²) in [5.41, 5.74) is -0.714. The van der Waals surface area contributed by atoms with E-state index in [2.05, 4.69) is 5.16 Å². The van der Waals surface area contributed by atoms with Crippen LogP contribution in [0.25, 0.3) is 0 Å². The van der Waals surface area contributed by atoms with E-state index >= 15 is 0 Å². The quantitative estimate of drug-likeness (QED) is 0.267. The Bertz CT molecular complexity index is 420. The molecule has 0 aromatic heterocycles. The molecule has 1 aromatic carbocycles. The van der Waals surface area contributed by atoms with E-state index in [0.29, 0.717) is 0 Å². The van der Waals surface area contributed by atoms with Crippen molar-refractivity contribution in [3.05, 3.63) is 16.4 Å². The Morgan fingerprint density at radius 2 is 1.67 bits per heavy atom. The van der Waals surface area contributed by atoms with Gasteiger partial charge in [0.1, 0.15) is 0 Å². The van der Waals surface area contributed by atoms with Crippen molar-refractivity contribution in [1.29, 1.82) is 0 Å². The number of phenols is 3. The topological polar surface area (TPSA) is 93.3 Å². The summed E-state index contributed by atoms with van der Waals surface area (Å²) < 4.78 is 13.3. The first-order valence-electron chi connectivity index (χ1n) is 3.41. The van der Waals surface area contributed by atoms with Crippen molar-refractivity contribution in [2.75, 3.05) is 0 Å². The van der Waals surface area contributed by atoms with Crippen molar-refractivity contribution in [3.63, 3.8) is 0 Å². The lowest BCUT2D eigenvalue weighted by Gasteiger charge is -2.08. The standard InChI is InChI=1S/C7H4Cl2FNO4/c8-2-1(7(9)11-15)3(10)5(13)6(14)4(2)12/h12-15H/b11-7-. The summed E-state index contributed by atoms with van der Waals surface area (Å²) in [6, 6.07) is 0. The van der Waals surface area contributed by atoms with Gasteiger partial charge in [-0.15, -0.1) is 0 Å². The molecule has 4 N–H and O–H groups in total. The van der Waals surface area contributed by atoms with Crippen molar-refractivity contribution < 1.29 is 24.9 Å². The molecule has 0 bridgehead atoms. The van der Waals surface area contributed by atoms with Gasteiger partial charge in [-0.25, -0.2) is 4.39 Å². The second-order valence-corrected chi connectivity index (χ2v) is 3.18.